The van der Waals surface area contributed by atoms with Crippen LogP contribution < -0.4 is 0 Å². The summed E-state index contributed by atoms with van der Waals surface area (Å²) >= 11 is 6.62. The van der Waals surface area contributed by atoms with E-state index in [1.807, 2.05) is 18.2 Å². The Morgan fingerprint density at radius 3 is 2.62 bits per heavy atom. The first-order valence-electron chi connectivity index (χ1n) is 9.84. The summed E-state index contributed by atoms with van der Waals surface area (Å²) in [5, 5.41) is 0.866. The van der Waals surface area contributed by atoms with Gasteiger partial charge in [0.05, 0.1) is 0 Å². The Balaban J connectivity index is 1.54. The highest BCUT2D eigenvalue weighted by Crippen LogP contribution is 2.37. The van der Waals surface area contributed by atoms with E-state index in [2.05, 4.69) is 35.2 Å². The molecule has 1 aliphatic carbocycles. The molecule has 4 rings (SSSR count). The van der Waals surface area contributed by atoms with Crippen molar-refractivity contribution in [2.45, 2.75) is 51.0 Å². The van der Waals surface area contributed by atoms with Gasteiger partial charge in [0, 0.05) is 24.0 Å². The highest BCUT2D eigenvalue weighted by Gasteiger charge is 2.32. The quantitative estimate of drug-likeness (QED) is 0.675. The van der Waals surface area contributed by atoms with Gasteiger partial charge < -0.3 is 4.90 Å². The van der Waals surface area contributed by atoms with Crippen molar-refractivity contribution in [3.05, 3.63) is 59.1 Å². The zero-order valence-corrected chi connectivity index (χ0v) is 15.9. The number of carbonyl (C=O) groups excluding carboxylic acids is 1. The first-order valence-corrected chi connectivity index (χ1v) is 10.2. The molecule has 0 spiro atoms. The van der Waals surface area contributed by atoms with Crippen LogP contribution in [-0.2, 0) is 11.2 Å². The molecule has 2 atom stereocenters. The number of hydrogen-bond donors (Lipinski definition) is 0. The SMILES string of the molecule is O=C1CCCN1C1CCCC(Cc2c(Cl)cccc2-c2ccccc2)C1. The number of benzene rings is 2. The normalized spacial score (nSPS) is 23.4. The van der Waals surface area contributed by atoms with Gasteiger partial charge in [-0.05, 0) is 60.8 Å². The summed E-state index contributed by atoms with van der Waals surface area (Å²) in [7, 11) is 0. The molecule has 1 amide bonds. The third kappa shape index (κ3) is 3.66. The Labute approximate surface area is 161 Å². The highest BCUT2D eigenvalue weighted by atomic mass is 35.5. The lowest BCUT2D eigenvalue weighted by Crippen LogP contribution is -2.39. The lowest BCUT2D eigenvalue weighted by Gasteiger charge is -2.35. The summed E-state index contributed by atoms with van der Waals surface area (Å²) in [6.07, 6.45) is 7.50. The van der Waals surface area contributed by atoms with Gasteiger partial charge in [-0.25, -0.2) is 0 Å². The molecule has 2 aromatic carbocycles. The zero-order chi connectivity index (χ0) is 17.9. The molecule has 0 aromatic heterocycles. The maximum Gasteiger partial charge on any atom is 0.222 e. The third-order valence-electron chi connectivity index (χ3n) is 6.00. The van der Waals surface area contributed by atoms with E-state index in [0.29, 0.717) is 17.9 Å². The van der Waals surface area contributed by atoms with Gasteiger partial charge in [-0.1, -0.05) is 60.5 Å². The van der Waals surface area contributed by atoms with E-state index < -0.39 is 0 Å². The fourth-order valence-electron chi connectivity index (χ4n) is 4.73. The van der Waals surface area contributed by atoms with Crippen molar-refractivity contribution < 1.29 is 4.79 Å². The minimum Gasteiger partial charge on any atom is -0.340 e. The number of rotatable bonds is 4. The van der Waals surface area contributed by atoms with Gasteiger partial charge in [0.1, 0.15) is 0 Å². The number of halogens is 1. The van der Waals surface area contributed by atoms with Gasteiger partial charge in [0.15, 0.2) is 0 Å². The van der Waals surface area contributed by atoms with Crippen LogP contribution in [0.2, 0.25) is 5.02 Å². The van der Waals surface area contributed by atoms with Crippen molar-refractivity contribution in [1.82, 2.24) is 4.90 Å². The topological polar surface area (TPSA) is 20.3 Å². The van der Waals surface area contributed by atoms with Crippen LogP contribution in [0.5, 0.6) is 0 Å². The van der Waals surface area contributed by atoms with E-state index in [1.54, 1.807) is 0 Å². The molecule has 2 fully saturated rings. The summed E-state index contributed by atoms with van der Waals surface area (Å²) in [4.78, 5) is 14.3. The Kier molecular flexibility index (Phi) is 5.31. The largest absolute Gasteiger partial charge is 0.340 e. The second kappa shape index (κ2) is 7.84. The van der Waals surface area contributed by atoms with E-state index in [9.17, 15) is 4.79 Å². The van der Waals surface area contributed by atoms with Crippen molar-refractivity contribution in [3.8, 4) is 11.1 Å². The lowest BCUT2D eigenvalue weighted by molar-refractivity contribution is -0.130. The minimum absolute atomic E-state index is 0.360. The average Bonchev–Trinajstić information content (AvgIpc) is 3.10. The molecule has 2 nitrogen and oxygen atoms in total. The zero-order valence-electron chi connectivity index (χ0n) is 15.2. The third-order valence-corrected chi connectivity index (χ3v) is 6.36. The predicted octanol–water partition coefficient (Wildman–Crippen LogP) is 5.73. The van der Waals surface area contributed by atoms with Crippen LogP contribution in [0.15, 0.2) is 48.5 Å². The monoisotopic (exact) mass is 367 g/mol. The van der Waals surface area contributed by atoms with Crippen LogP contribution in [0.1, 0.15) is 44.1 Å². The second-order valence-electron chi connectivity index (χ2n) is 7.71. The molecule has 0 bridgehead atoms. The average molecular weight is 368 g/mol. The number of hydrogen-bond acceptors (Lipinski definition) is 1. The minimum atomic E-state index is 0.360. The van der Waals surface area contributed by atoms with Gasteiger partial charge in [-0.2, -0.15) is 0 Å². The predicted molar refractivity (Wildman–Crippen MR) is 107 cm³/mol. The van der Waals surface area contributed by atoms with Crippen molar-refractivity contribution in [2.24, 2.45) is 5.92 Å². The van der Waals surface area contributed by atoms with Gasteiger partial charge in [0.2, 0.25) is 5.91 Å². The van der Waals surface area contributed by atoms with Crippen molar-refractivity contribution in [3.63, 3.8) is 0 Å². The van der Waals surface area contributed by atoms with Crippen LogP contribution in [0.3, 0.4) is 0 Å². The molecule has 0 N–H and O–H groups in total. The van der Waals surface area contributed by atoms with E-state index >= 15 is 0 Å². The Morgan fingerprint density at radius 1 is 1.00 bits per heavy atom. The van der Waals surface area contributed by atoms with Gasteiger partial charge in [-0.3, -0.25) is 4.79 Å². The maximum absolute atomic E-state index is 12.1. The molecule has 136 valence electrons. The molecule has 26 heavy (non-hydrogen) atoms. The molecule has 1 saturated heterocycles. The molecular formula is C23H26ClNO. The standard InChI is InChI=1S/C23H26ClNO/c24-22-12-5-11-20(18-8-2-1-3-9-18)21(22)16-17-7-4-10-19(15-17)25-14-6-13-23(25)26/h1-3,5,8-9,11-12,17,19H,4,6-7,10,13-16H2. The van der Waals surface area contributed by atoms with Crippen LogP contribution >= 0.6 is 11.6 Å². The van der Waals surface area contributed by atoms with E-state index in [1.165, 1.54) is 29.5 Å². The fourth-order valence-corrected chi connectivity index (χ4v) is 4.98. The molecule has 2 unspecified atom stereocenters. The summed E-state index contributed by atoms with van der Waals surface area (Å²) in [5.74, 6) is 0.961. The van der Waals surface area contributed by atoms with Gasteiger partial charge >= 0.3 is 0 Å². The number of carbonyl (C=O) groups is 1. The Bertz CT molecular complexity index is 773. The maximum atomic E-state index is 12.1. The molecule has 1 aliphatic heterocycles. The smallest absolute Gasteiger partial charge is 0.222 e. The summed E-state index contributed by atoms with van der Waals surface area (Å²) in [5.41, 5.74) is 3.74. The highest BCUT2D eigenvalue weighted by molar-refractivity contribution is 6.31. The van der Waals surface area contributed by atoms with Crippen molar-refractivity contribution in [2.75, 3.05) is 6.54 Å². The molecule has 3 heteroatoms. The number of likely N-dealkylation sites (tertiary alicyclic amines) is 1. The molecule has 0 radical (unpaired) electrons. The van der Waals surface area contributed by atoms with Gasteiger partial charge in [-0.15, -0.1) is 0 Å². The molecule has 1 heterocycles. The van der Waals surface area contributed by atoms with E-state index in [0.717, 1.165) is 43.7 Å². The molecule has 2 aliphatic rings. The molecular weight excluding hydrogens is 342 g/mol. The van der Waals surface area contributed by atoms with Crippen LogP contribution in [0.4, 0.5) is 0 Å². The van der Waals surface area contributed by atoms with E-state index in [-0.39, 0.29) is 0 Å². The summed E-state index contributed by atoms with van der Waals surface area (Å²) in [6.45, 7) is 0.956. The van der Waals surface area contributed by atoms with Crippen molar-refractivity contribution in [1.29, 1.82) is 0 Å². The summed E-state index contributed by atoms with van der Waals surface area (Å²) < 4.78 is 0. The number of nitrogens with zero attached hydrogens (tertiary/aromatic N) is 1. The first-order chi connectivity index (χ1) is 12.7. The van der Waals surface area contributed by atoms with Crippen LogP contribution in [-0.4, -0.2) is 23.4 Å². The molecule has 1 saturated carbocycles. The number of amides is 1. The Morgan fingerprint density at radius 2 is 1.85 bits per heavy atom. The van der Waals surface area contributed by atoms with Crippen molar-refractivity contribution >= 4 is 17.5 Å². The first kappa shape index (κ1) is 17.6. The molecule has 2 aromatic rings. The Hall–Kier alpha value is -1.80. The van der Waals surface area contributed by atoms with Gasteiger partial charge in [0.25, 0.3) is 0 Å². The fraction of sp³-hybridized carbons (Fsp3) is 0.435. The van der Waals surface area contributed by atoms with Crippen LogP contribution in [0, 0.1) is 5.92 Å². The summed E-state index contributed by atoms with van der Waals surface area (Å²) in [6, 6.07) is 17.2. The lowest BCUT2D eigenvalue weighted by atomic mass is 9.80. The second-order valence-corrected chi connectivity index (χ2v) is 8.12. The van der Waals surface area contributed by atoms with Crippen LogP contribution in [0.25, 0.3) is 11.1 Å². The van der Waals surface area contributed by atoms with E-state index in [4.69, 9.17) is 11.6 Å².